The molecule has 0 saturated carbocycles. The Morgan fingerprint density at radius 1 is 1.30 bits per heavy atom. The Bertz CT molecular complexity index is 528. The van der Waals surface area contributed by atoms with Crippen molar-refractivity contribution in [2.75, 3.05) is 13.7 Å². The first-order valence-corrected chi connectivity index (χ1v) is 6.71. The third-order valence-electron chi connectivity index (χ3n) is 3.37. The molecule has 1 unspecified atom stereocenters. The molecule has 106 valence electrons. The van der Waals surface area contributed by atoms with E-state index in [9.17, 15) is 9.59 Å². The van der Waals surface area contributed by atoms with E-state index < -0.39 is 0 Å². The molecule has 1 aromatic carbocycles. The van der Waals surface area contributed by atoms with Crippen molar-refractivity contribution in [1.29, 1.82) is 0 Å². The fraction of sp³-hybridized carbons (Fsp3) is 0.375. The standard InChI is InChI=1S/C16H18O4/c1-3-20-16(18)14-9-6-12(17)10-15(14)11-4-7-13(19-2)8-5-11/h4-5,7-8,10,14H,3,6,9H2,1-2H3. The molecular weight excluding hydrogens is 256 g/mol. The van der Waals surface area contributed by atoms with E-state index in [2.05, 4.69) is 0 Å². The van der Waals surface area contributed by atoms with Gasteiger partial charge in [0.15, 0.2) is 5.78 Å². The average molecular weight is 274 g/mol. The third kappa shape index (κ3) is 3.07. The summed E-state index contributed by atoms with van der Waals surface area (Å²) in [6.07, 6.45) is 2.46. The van der Waals surface area contributed by atoms with E-state index >= 15 is 0 Å². The number of rotatable bonds is 4. The van der Waals surface area contributed by atoms with Gasteiger partial charge >= 0.3 is 5.97 Å². The van der Waals surface area contributed by atoms with Crippen LogP contribution in [0.3, 0.4) is 0 Å². The minimum absolute atomic E-state index is 0.0522. The summed E-state index contributed by atoms with van der Waals surface area (Å²) in [6.45, 7) is 2.13. The number of hydrogen-bond donors (Lipinski definition) is 0. The molecule has 0 radical (unpaired) electrons. The number of ether oxygens (including phenoxy) is 2. The lowest BCUT2D eigenvalue weighted by Crippen LogP contribution is -2.23. The van der Waals surface area contributed by atoms with Crippen molar-refractivity contribution >= 4 is 17.3 Å². The van der Waals surface area contributed by atoms with Gasteiger partial charge in [-0.25, -0.2) is 0 Å². The number of ketones is 1. The van der Waals surface area contributed by atoms with Gasteiger partial charge in [-0.1, -0.05) is 12.1 Å². The summed E-state index contributed by atoms with van der Waals surface area (Å²) < 4.78 is 10.2. The van der Waals surface area contributed by atoms with Gasteiger partial charge in [0.2, 0.25) is 0 Å². The smallest absolute Gasteiger partial charge is 0.313 e. The summed E-state index contributed by atoms with van der Waals surface area (Å²) in [5, 5.41) is 0. The normalized spacial score (nSPS) is 18.4. The first-order valence-electron chi connectivity index (χ1n) is 6.71. The summed E-state index contributed by atoms with van der Waals surface area (Å²) in [5.74, 6) is 0.170. The molecule has 0 fully saturated rings. The van der Waals surface area contributed by atoms with Gasteiger partial charge in [0.05, 0.1) is 19.6 Å². The van der Waals surface area contributed by atoms with Gasteiger partial charge in [-0.2, -0.15) is 0 Å². The Morgan fingerprint density at radius 3 is 2.60 bits per heavy atom. The molecule has 1 aliphatic carbocycles. The molecule has 1 atom stereocenters. The fourth-order valence-electron chi connectivity index (χ4n) is 2.34. The lowest BCUT2D eigenvalue weighted by molar-refractivity contribution is -0.146. The minimum atomic E-state index is -0.360. The second-order valence-corrected chi connectivity index (χ2v) is 4.64. The quantitative estimate of drug-likeness (QED) is 0.792. The summed E-state index contributed by atoms with van der Waals surface area (Å²) in [6, 6.07) is 7.35. The van der Waals surface area contributed by atoms with Crippen LogP contribution in [0.25, 0.3) is 5.57 Å². The topological polar surface area (TPSA) is 52.6 Å². The van der Waals surface area contributed by atoms with Crippen LogP contribution in [-0.4, -0.2) is 25.5 Å². The predicted octanol–water partition coefficient (Wildman–Crippen LogP) is 2.62. The Balaban J connectivity index is 2.31. The van der Waals surface area contributed by atoms with Crippen molar-refractivity contribution in [2.24, 2.45) is 5.92 Å². The van der Waals surface area contributed by atoms with Crippen LogP contribution < -0.4 is 4.74 Å². The van der Waals surface area contributed by atoms with Crippen LogP contribution in [0.4, 0.5) is 0 Å². The fourth-order valence-corrected chi connectivity index (χ4v) is 2.34. The van der Waals surface area contributed by atoms with Crippen LogP contribution in [0.15, 0.2) is 30.3 Å². The lowest BCUT2D eigenvalue weighted by Gasteiger charge is -2.22. The number of methoxy groups -OCH3 is 1. The van der Waals surface area contributed by atoms with Gasteiger partial charge in [-0.15, -0.1) is 0 Å². The maximum atomic E-state index is 12.0. The molecule has 0 saturated heterocycles. The molecule has 4 heteroatoms. The van der Waals surface area contributed by atoms with Crippen LogP contribution in [-0.2, 0) is 14.3 Å². The minimum Gasteiger partial charge on any atom is -0.497 e. The monoisotopic (exact) mass is 274 g/mol. The molecular formula is C16H18O4. The molecule has 0 bridgehead atoms. The lowest BCUT2D eigenvalue weighted by atomic mass is 9.83. The average Bonchev–Trinajstić information content (AvgIpc) is 2.47. The van der Waals surface area contributed by atoms with E-state index in [0.717, 1.165) is 16.9 Å². The zero-order chi connectivity index (χ0) is 14.5. The van der Waals surface area contributed by atoms with Gasteiger partial charge in [-0.3, -0.25) is 9.59 Å². The molecule has 0 amide bonds. The van der Waals surface area contributed by atoms with E-state index in [0.29, 0.717) is 19.4 Å². The zero-order valence-corrected chi connectivity index (χ0v) is 11.7. The first kappa shape index (κ1) is 14.3. The maximum absolute atomic E-state index is 12.0. The molecule has 1 aliphatic rings. The number of hydrogen-bond acceptors (Lipinski definition) is 4. The van der Waals surface area contributed by atoms with Crippen LogP contribution >= 0.6 is 0 Å². The number of carbonyl (C=O) groups is 2. The predicted molar refractivity (Wildman–Crippen MR) is 75.3 cm³/mol. The van der Waals surface area contributed by atoms with Crippen molar-refractivity contribution in [3.8, 4) is 5.75 Å². The molecule has 4 nitrogen and oxygen atoms in total. The summed E-state index contributed by atoms with van der Waals surface area (Å²) in [7, 11) is 1.60. The molecule has 2 rings (SSSR count). The maximum Gasteiger partial charge on any atom is 0.313 e. The van der Waals surface area contributed by atoms with Crippen LogP contribution in [0.2, 0.25) is 0 Å². The largest absolute Gasteiger partial charge is 0.497 e. The van der Waals surface area contributed by atoms with Crippen molar-refractivity contribution in [2.45, 2.75) is 19.8 Å². The highest BCUT2D eigenvalue weighted by molar-refractivity contribution is 6.03. The van der Waals surface area contributed by atoms with Crippen molar-refractivity contribution in [3.05, 3.63) is 35.9 Å². The third-order valence-corrected chi connectivity index (χ3v) is 3.37. The SMILES string of the molecule is CCOC(=O)C1CCC(=O)C=C1c1ccc(OC)cc1. The molecule has 0 aromatic heterocycles. The van der Waals surface area contributed by atoms with Gasteiger partial charge in [0.1, 0.15) is 5.75 Å². The Kier molecular flexibility index (Phi) is 4.56. The van der Waals surface area contributed by atoms with Gasteiger partial charge < -0.3 is 9.47 Å². The summed E-state index contributed by atoms with van der Waals surface area (Å²) in [5.41, 5.74) is 1.60. The molecule has 0 heterocycles. The number of esters is 1. The van der Waals surface area contributed by atoms with Crippen molar-refractivity contribution in [1.82, 2.24) is 0 Å². The Morgan fingerprint density at radius 2 is 2.00 bits per heavy atom. The van der Waals surface area contributed by atoms with Gasteiger partial charge in [-0.05, 0) is 42.7 Å². The molecule has 1 aromatic rings. The van der Waals surface area contributed by atoms with Crippen LogP contribution in [0.1, 0.15) is 25.3 Å². The van der Waals surface area contributed by atoms with Crippen LogP contribution in [0.5, 0.6) is 5.75 Å². The molecule has 0 spiro atoms. The summed E-state index contributed by atoms with van der Waals surface area (Å²) in [4.78, 5) is 23.7. The Labute approximate surface area is 118 Å². The second-order valence-electron chi connectivity index (χ2n) is 4.64. The summed E-state index contributed by atoms with van der Waals surface area (Å²) >= 11 is 0. The first-order chi connectivity index (χ1) is 9.65. The van der Waals surface area contributed by atoms with Crippen LogP contribution in [0, 0.1) is 5.92 Å². The van der Waals surface area contributed by atoms with E-state index in [1.54, 1.807) is 20.1 Å². The zero-order valence-electron chi connectivity index (χ0n) is 11.7. The van der Waals surface area contributed by atoms with E-state index in [1.807, 2.05) is 24.3 Å². The highest BCUT2D eigenvalue weighted by atomic mass is 16.5. The van der Waals surface area contributed by atoms with E-state index in [-0.39, 0.29) is 17.7 Å². The van der Waals surface area contributed by atoms with Crippen molar-refractivity contribution in [3.63, 3.8) is 0 Å². The number of benzene rings is 1. The second kappa shape index (κ2) is 6.37. The van der Waals surface area contributed by atoms with E-state index in [4.69, 9.17) is 9.47 Å². The van der Waals surface area contributed by atoms with Gasteiger partial charge in [0, 0.05) is 6.42 Å². The van der Waals surface area contributed by atoms with Gasteiger partial charge in [0.25, 0.3) is 0 Å². The molecule has 20 heavy (non-hydrogen) atoms. The number of carbonyl (C=O) groups excluding carboxylic acids is 2. The van der Waals surface area contributed by atoms with Crippen molar-refractivity contribution < 1.29 is 19.1 Å². The number of allylic oxidation sites excluding steroid dienone is 1. The van der Waals surface area contributed by atoms with E-state index in [1.165, 1.54) is 0 Å². The molecule has 0 aliphatic heterocycles. The highest BCUT2D eigenvalue weighted by Crippen LogP contribution is 2.33. The Hall–Kier alpha value is -2.10. The molecule has 0 N–H and O–H groups in total. The highest BCUT2D eigenvalue weighted by Gasteiger charge is 2.29.